The van der Waals surface area contributed by atoms with Gasteiger partial charge in [0, 0.05) is 19.4 Å². The van der Waals surface area contributed by atoms with Crippen molar-refractivity contribution in [2.45, 2.75) is 245 Å². The Bertz CT molecular complexity index is 1230. The summed E-state index contributed by atoms with van der Waals surface area (Å²) in [5.74, 6) is -0.450. The van der Waals surface area contributed by atoms with Gasteiger partial charge in [-0.3, -0.25) is 9.59 Å². The molecule has 0 heterocycles. The zero-order chi connectivity index (χ0) is 46.3. The molecule has 1 unspecified atom stereocenters. The van der Waals surface area contributed by atoms with Crippen LogP contribution >= 0.6 is 0 Å². The number of rotatable bonds is 48. The van der Waals surface area contributed by atoms with Crippen molar-refractivity contribution in [3.05, 3.63) is 97.2 Å². The van der Waals surface area contributed by atoms with E-state index in [0.717, 1.165) is 103 Å². The lowest BCUT2D eigenvalue weighted by Crippen LogP contribution is -2.30. The average Bonchev–Trinajstić information content (AvgIpc) is 3.30. The maximum atomic E-state index is 12.8. The third kappa shape index (κ3) is 51.5. The number of hydrogen-bond acceptors (Lipinski definition) is 5. The van der Waals surface area contributed by atoms with Gasteiger partial charge in [0.1, 0.15) is 6.61 Å². The van der Waals surface area contributed by atoms with Crippen molar-refractivity contribution < 1.29 is 23.8 Å². The fraction of sp³-hybridized carbons (Fsp3) is 0.695. The molecule has 0 fully saturated rings. The fourth-order valence-electron chi connectivity index (χ4n) is 7.17. The number of esters is 2. The molecular weight excluding hydrogens is 789 g/mol. The zero-order valence-corrected chi connectivity index (χ0v) is 42.0. The largest absolute Gasteiger partial charge is 0.462 e. The van der Waals surface area contributed by atoms with Crippen LogP contribution < -0.4 is 0 Å². The Kier molecular flexibility index (Phi) is 51.5. The molecule has 0 amide bonds. The minimum atomic E-state index is -0.579. The van der Waals surface area contributed by atoms with Gasteiger partial charge in [0.2, 0.25) is 0 Å². The Hall–Kier alpha value is -3.18. The van der Waals surface area contributed by atoms with Crippen molar-refractivity contribution in [2.75, 3.05) is 19.8 Å². The average molecular weight is 889 g/mol. The Balaban J connectivity index is 4.34. The quantitative estimate of drug-likeness (QED) is 0.0346. The first-order chi connectivity index (χ1) is 31.6. The lowest BCUT2D eigenvalue weighted by molar-refractivity contribution is -0.163. The Morgan fingerprint density at radius 2 is 0.703 bits per heavy atom. The van der Waals surface area contributed by atoms with Gasteiger partial charge in [-0.05, 0) is 109 Å². The summed E-state index contributed by atoms with van der Waals surface area (Å²) in [6.07, 6.45) is 72.9. The van der Waals surface area contributed by atoms with Gasteiger partial charge < -0.3 is 14.2 Å². The molecule has 64 heavy (non-hydrogen) atoms. The van der Waals surface area contributed by atoms with Crippen LogP contribution in [0.5, 0.6) is 0 Å². The number of hydrogen-bond donors (Lipinski definition) is 0. The molecule has 0 aliphatic carbocycles. The molecule has 0 rings (SSSR count). The molecule has 0 N–H and O–H groups in total. The van der Waals surface area contributed by atoms with Crippen LogP contribution in [0.4, 0.5) is 0 Å². The normalized spacial score (nSPS) is 13.0. The molecule has 0 aliphatic heterocycles. The lowest BCUT2D eigenvalue weighted by Gasteiger charge is -2.18. The monoisotopic (exact) mass is 889 g/mol. The molecule has 0 aliphatic rings. The van der Waals surface area contributed by atoms with Crippen LogP contribution in [0.25, 0.3) is 0 Å². The second-order valence-corrected chi connectivity index (χ2v) is 17.4. The van der Waals surface area contributed by atoms with E-state index in [4.69, 9.17) is 14.2 Å². The Labute approximate surface area is 396 Å². The maximum absolute atomic E-state index is 12.8. The van der Waals surface area contributed by atoms with Crippen LogP contribution in [0.3, 0.4) is 0 Å². The van der Waals surface area contributed by atoms with E-state index in [0.29, 0.717) is 19.4 Å². The van der Waals surface area contributed by atoms with Crippen molar-refractivity contribution >= 4 is 11.9 Å². The first kappa shape index (κ1) is 60.8. The summed E-state index contributed by atoms with van der Waals surface area (Å²) in [5.41, 5.74) is 0. The zero-order valence-electron chi connectivity index (χ0n) is 42.0. The summed E-state index contributed by atoms with van der Waals surface area (Å²) >= 11 is 0. The van der Waals surface area contributed by atoms with Crippen LogP contribution in [-0.2, 0) is 23.8 Å². The minimum Gasteiger partial charge on any atom is -0.462 e. The second kappa shape index (κ2) is 54.2. The third-order valence-electron chi connectivity index (χ3n) is 11.1. The highest BCUT2D eigenvalue weighted by atomic mass is 16.6. The highest BCUT2D eigenvalue weighted by molar-refractivity contribution is 5.70. The predicted molar refractivity (Wildman–Crippen MR) is 279 cm³/mol. The number of allylic oxidation sites excluding steroid dienone is 16. The topological polar surface area (TPSA) is 61.8 Å². The second-order valence-electron chi connectivity index (χ2n) is 17.4. The van der Waals surface area contributed by atoms with Gasteiger partial charge in [0.25, 0.3) is 0 Å². The molecule has 366 valence electrons. The molecule has 0 bridgehead atoms. The van der Waals surface area contributed by atoms with Crippen molar-refractivity contribution in [1.29, 1.82) is 0 Å². The van der Waals surface area contributed by atoms with Gasteiger partial charge in [-0.2, -0.15) is 0 Å². The molecule has 0 saturated heterocycles. The molecule has 0 aromatic rings. The standard InChI is InChI=1S/C59H100O5/c1-4-7-10-13-16-19-22-25-28-29-30-31-33-34-37-40-43-46-49-52-58(60)63-56-57(55-62-54-51-48-45-42-39-36-27-24-21-18-15-12-9-6-3)64-59(61)53-50-47-44-41-38-35-32-26-23-20-17-14-11-8-5-2/h8-9,11-12,17-18,20-21,25-28,32,36,42,45,57H,4-7,10,13-16,19,22-24,29-31,33-35,37-41,43-44,46-56H2,1-3H3/b11-8-,12-9-,20-17-,21-18-,28-25-,32-26-,36-27-,45-42-. The molecule has 0 aromatic carbocycles. The number of unbranched alkanes of at least 4 members (excludes halogenated alkanes) is 21. The summed E-state index contributed by atoms with van der Waals surface area (Å²) in [4.78, 5) is 25.4. The summed E-state index contributed by atoms with van der Waals surface area (Å²) in [5, 5.41) is 0. The maximum Gasteiger partial charge on any atom is 0.306 e. The van der Waals surface area contributed by atoms with E-state index in [1.165, 1.54) is 103 Å². The molecule has 1 atom stereocenters. The van der Waals surface area contributed by atoms with E-state index in [1.807, 2.05) is 0 Å². The van der Waals surface area contributed by atoms with Crippen LogP contribution in [0.2, 0.25) is 0 Å². The first-order valence-corrected chi connectivity index (χ1v) is 26.8. The van der Waals surface area contributed by atoms with Crippen LogP contribution in [0.15, 0.2) is 97.2 Å². The van der Waals surface area contributed by atoms with E-state index in [1.54, 1.807) is 0 Å². The highest BCUT2D eigenvalue weighted by Gasteiger charge is 2.17. The van der Waals surface area contributed by atoms with Gasteiger partial charge in [-0.15, -0.1) is 0 Å². The van der Waals surface area contributed by atoms with Crippen LogP contribution in [0, 0.1) is 0 Å². The summed E-state index contributed by atoms with van der Waals surface area (Å²) < 4.78 is 17.3. The van der Waals surface area contributed by atoms with E-state index in [9.17, 15) is 9.59 Å². The molecule has 0 spiro atoms. The van der Waals surface area contributed by atoms with Crippen LogP contribution in [-0.4, -0.2) is 37.9 Å². The molecule has 0 aromatic heterocycles. The van der Waals surface area contributed by atoms with Crippen molar-refractivity contribution in [2.24, 2.45) is 0 Å². The number of carbonyl (C=O) groups excluding carboxylic acids is 2. The SMILES string of the molecule is CC/C=C\C/C=C\C/C=C\C/C=C\CCCOCC(COC(=O)CCCCCCCCCCC/C=C\CCCCCCCC)OC(=O)CCCCCCC/C=C\C/C=C\C/C=C\CC. The molecule has 0 saturated carbocycles. The predicted octanol–water partition coefficient (Wildman–Crippen LogP) is 18.2. The van der Waals surface area contributed by atoms with Crippen LogP contribution in [0.1, 0.15) is 239 Å². The van der Waals surface area contributed by atoms with Gasteiger partial charge in [0.05, 0.1) is 6.61 Å². The minimum absolute atomic E-state index is 0.0512. The van der Waals surface area contributed by atoms with E-state index in [-0.39, 0.29) is 25.2 Å². The van der Waals surface area contributed by atoms with Gasteiger partial charge in [0.15, 0.2) is 6.10 Å². The van der Waals surface area contributed by atoms with Gasteiger partial charge in [-0.25, -0.2) is 0 Å². The van der Waals surface area contributed by atoms with E-state index < -0.39 is 6.10 Å². The molecule has 5 nitrogen and oxygen atoms in total. The number of ether oxygens (including phenoxy) is 3. The highest BCUT2D eigenvalue weighted by Crippen LogP contribution is 2.14. The van der Waals surface area contributed by atoms with Crippen molar-refractivity contribution in [1.82, 2.24) is 0 Å². The van der Waals surface area contributed by atoms with E-state index in [2.05, 4.69) is 118 Å². The first-order valence-electron chi connectivity index (χ1n) is 26.8. The number of carbonyl (C=O) groups is 2. The Morgan fingerprint density at radius 3 is 1.14 bits per heavy atom. The smallest absolute Gasteiger partial charge is 0.306 e. The van der Waals surface area contributed by atoms with Crippen molar-refractivity contribution in [3.63, 3.8) is 0 Å². The molecular formula is C59H100O5. The summed E-state index contributed by atoms with van der Waals surface area (Å²) in [6.45, 7) is 7.45. The van der Waals surface area contributed by atoms with Crippen molar-refractivity contribution in [3.8, 4) is 0 Å². The third-order valence-corrected chi connectivity index (χ3v) is 11.1. The molecule has 5 heteroatoms. The summed E-state index contributed by atoms with van der Waals surface area (Å²) in [7, 11) is 0. The Morgan fingerprint density at radius 1 is 0.359 bits per heavy atom. The fourth-order valence-corrected chi connectivity index (χ4v) is 7.17. The summed E-state index contributed by atoms with van der Waals surface area (Å²) in [6, 6.07) is 0. The van der Waals surface area contributed by atoms with E-state index >= 15 is 0 Å². The lowest BCUT2D eigenvalue weighted by atomic mass is 10.1. The molecule has 0 radical (unpaired) electrons. The van der Waals surface area contributed by atoms with Gasteiger partial charge >= 0.3 is 11.9 Å². The van der Waals surface area contributed by atoms with Gasteiger partial charge in [-0.1, -0.05) is 214 Å².